The molecule has 2 N–H and O–H groups in total. The van der Waals surface area contributed by atoms with Gasteiger partial charge in [-0.25, -0.2) is 5.43 Å². The van der Waals surface area contributed by atoms with Gasteiger partial charge < -0.3 is 4.42 Å². The Hall–Kier alpha value is -1.29. The molecule has 0 bridgehead atoms. The van der Waals surface area contributed by atoms with Crippen LogP contribution < -0.4 is 10.9 Å². The Morgan fingerprint density at radius 2 is 2.50 bits per heavy atom. The summed E-state index contributed by atoms with van der Waals surface area (Å²) in [6.45, 7) is 0. The molecule has 1 rings (SSSR count). The van der Waals surface area contributed by atoms with Gasteiger partial charge in [0, 0.05) is 7.05 Å². The van der Waals surface area contributed by atoms with Crippen molar-refractivity contribution in [3.63, 3.8) is 0 Å². The van der Waals surface area contributed by atoms with Gasteiger partial charge in [0.2, 0.25) is 0 Å². The number of carbonyl (C=O) groups is 1. The van der Waals surface area contributed by atoms with Crippen molar-refractivity contribution in [1.82, 2.24) is 10.9 Å². The second-order valence-corrected chi connectivity index (χ2v) is 1.68. The molecule has 1 heterocycles. The molecule has 0 fully saturated rings. The quantitative estimate of drug-likeness (QED) is 0.574. The lowest BCUT2D eigenvalue weighted by molar-refractivity contribution is 0.0910. The Morgan fingerprint density at radius 3 is 3.00 bits per heavy atom. The van der Waals surface area contributed by atoms with Gasteiger partial charge in [-0.15, -0.1) is 0 Å². The Kier molecular flexibility index (Phi) is 2.07. The Bertz CT molecular complexity index is 206. The van der Waals surface area contributed by atoms with Crippen LogP contribution in [-0.4, -0.2) is 13.0 Å². The van der Waals surface area contributed by atoms with Crippen LogP contribution in [0.2, 0.25) is 0 Å². The maximum absolute atomic E-state index is 10.8. The number of hydrogen-bond acceptors (Lipinski definition) is 3. The van der Waals surface area contributed by atoms with Crippen LogP contribution in [0.1, 0.15) is 10.6 Å². The van der Waals surface area contributed by atoms with E-state index < -0.39 is 0 Å². The van der Waals surface area contributed by atoms with E-state index in [0.29, 0.717) is 5.76 Å². The molecule has 0 aliphatic rings. The zero-order valence-corrected chi connectivity index (χ0v) is 5.55. The molecule has 0 unspecified atom stereocenters. The Balaban J connectivity index is 2.59. The van der Waals surface area contributed by atoms with Gasteiger partial charge in [-0.05, 0) is 12.1 Å². The van der Waals surface area contributed by atoms with Gasteiger partial charge in [-0.1, -0.05) is 0 Å². The van der Waals surface area contributed by atoms with Crippen LogP contribution in [0.15, 0.2) is 22.8 Å². The summed E-state index contributed by atoms with van der Waals surface area (Å²) >= 11 is 0. The summed E-state index contributed by atoms with van der Waals surface area (Å²) in [7, 11) is 1.61. The molecule has 0 aromatic carbocycles. The lowest BCUT2D eigenvalue weighted by atomic mass is 10.4. The molecule has 10 heavy (non-hydrogen) atoms. The van der Waals surface area contributed by atoms with E-state index in [2.05, 4.69) is 10.9 Å². The lowest BCUT2D eigenvalue weighted by Crippen LogP contribution is -2.33. The van der Waals surface area contributed by atoms with E-state index in [9.17, 15) is 4.79 Å². The standard InChI is InChI=1S/C6H8N2O2/c1-7-8-6(9)5-3-2-4-10-5/h2-4,7H,1H3,(H,8,9). The van der Waals surface area contributed by atoms with Gasteiger partial charge in [0.1, 0.15) is 0 Å². The maximum Gasteiger partial charge on any atom is 0.301 e. The van der Waals surface area contributed by atoms with Crippen molar-refractivity contribution >= 4 is 5.91 Å². The highest BCUT2D eigenvalue weighted by molar-refractivity contribution is 5.90. The molecule has 54 valence electrons. The summed E-state index contributed by atoms with van der Waals surface area (Å²) in [6, 6.07) is 3.25. The van der Waals surface area contributed by atoms with E-state index in [1.165, 1.54) is 6.26 Å². The van der Waals surface area contributed by atoms with Crippen molar-refractivity contribution in [2.75, 3.05) is 7.05 Å². The number of rotatable bonds is 2. The predicted octanol–water partition coefficient (Wildman–Crippen LogP) is 0.144. The molecule has 1 amide bonds. The van der Waals surface area contributed by atoms with Crippen molar-refractivity contribution < 1.29 is 9.21 Å². The van der Waals surface area contributed by atoms with E-state index in [1.807, 2.05) is 0 Å². The molecule has 4 heteroatoms. The van der Waals surface area contributed by atoms with E-state index in [-0.39, 0.29) is 5.91 Å². The molecule has 0 saturated heterocycles. The molecule has 0 radical (unpaired) electrons. The van der Waals surface area contributed by atoms with E-state index in [4.69, 9.17) is 4.42 Å². The second kappa shape index (κ2) is 3.03. The van der Waals surface area contributed by atoms with Crippen molar-refractivity contribution in [3.05, 3.63) is 24.2 Å². The van der Waals surface area contributed by atoms with E-state index in [1.54, 1.807) is 19.2 Å². The summed E-state index contributed by atoms with van der Waals surface area (Å²) in [5, 5.41) is 0. The van der Waals surface area contributed by atoms with Gasteiger partial charge in [-0.3, -0.25) is 10.2 Å². The van der Waals surface area contributed by atoms with Crippen LogP contribution in [-0.2, 0) is 0 Å². The highest BCUT2D eigenvalue weighted by atomic mass is 16.3. The van der Waals surface area contributed by atoms with E-state index in [0.717, 1.165) is 0 Å². The first kappa shape index (κ1) is 6.82. The highest BCUT2D eigenvalue weighted by Gasteiger charge is 2.04. The predicted molar refractivity (Wildman–Crippen MR) is 35.2 cm³/mol. The monoisotopic (exact) mass is 140 g/mol. The second-order valence-electron chi connectivity index (χ2n) is 1.68. The normalized spacial score (nSPS) is 9.30. The van der Waals surface area contributed by atoms with Crippen LogP contribution in [0, 0.1) is 0 Å². The largest absolute Gasteiger partial charge is 0.459 e. The minimum atomic E-state index is -0.271. The smallest absolute Gasteiger partial charge is 0.301 e. The number of hydrazine groups is 1. The van der Waals surface area contributed by atoms with Gasteiger partial charge in [0.25, 0.3) is 0 Å². The third-order valence-electron chi connectivity index (χ3n) is 0.983. The van der Waals surface area contributed by atoms with Gasteiger partial charge >= 0.3 is 5.91 Å². The molecule has 4 nitrogen and oxygen atoms in total. The number of carbonyl (C=O) groups excluding carboxylic acids is 1. The Labute approximate surface area is 58.2 Å². The van der Waals surface area contributed by atoms with Crippen LogP contribution in [0.3, 0.4) is 0 Å². The molecule has 0 aliphatic heterocycles. The molecule has 0 atom stereocenters. The fourth-order valence-electron chi connectivity index (χ4n) is 0.583. The summed E-state index contributed by atoms with van der Waals surface area (Å²) in [4.78, 5) is 10.8. The molecular weight excluding hydrogens is 132 g/mol. The minimum Gasteiger partial charge on any atom is -0.459 e. The average Bonchev–Trinajstić information content (AvgIpc) is 2.38. The van der Waals surface area contributed by atoms with Gasteiger partial charge in [0.05, 0.1) is 6.26 Å². The topological polar surface area (TPSA) is 54.3 Å². The first-order chi connectivity index (χ1) is 4.84. The first-order valence-corrected chi connectivity index (χ1v) is 2.85. The van der Waals surface area contributed by atoms with E-state index >= 15 is 0 Å². The van der Waals surface area contributed by atoms with Crippen LogP contribution >= 0.6 is 0 Å². The van der Waals surface area contributed by atoms with Crippen molar-refractivity contribution in [1.29, 1.82) is 0 Å². The number of hydrogen-bond donors (Lipinski definition) is 2. The van der Waals surface area contributed by atoms with Crippen LogP contribution in [0.25, 0.3) is 0 Å². The third kappa shape index (κ3) is 1.35. The molecular formula is C6H8N2O2. The fraction of sp³-hybridized carbons (Fsp3) is 0.167. The molecule has 0 aliphatic carbocycles. The first-order valence-electron chi connectivity index (χ1n) is 2.85. The molecule has 1 aromatic rings. The lowest BCUT2D eigenvalue weighted by Gasteiger charge is -1.96. The van der Waals surface area contributed by atoms with Gasteiger partial charge in [-0.2, -0.15) is 0 Å². The van der Waals surface area contributed by atoms with Crippen molar-refractivity contribution in [3.8, 4) is 0 Å². The summed E-state index contributed by atoms with van der Waals surface area (Å²) in [5.41, 5.74) is 4.86. The summed E-state index contributed by atoms with van der Waals surface area (Å²) in [5.74, 6) is 0.0295. The zero-order chi connectivity index (χ0) is 7.40. The summed E-state index contributed by atoms with van der Waals surface area (Å²) < 4.78 is 4.80. The molecule has 1 aromatic heterocycles. The zero-order valence-electron chi connectivity index (χ0n) is 5.55. The van der Waals surface area contributed by atoms with Crippen LogP contribution in [0.4, 0.5) is 0 Å². The Morgan fingerprint density at radius 1 is 1.70 bits per heavy atom. The highest BCUT2D eigenvalue weighted by Crippen LogP contribution is 1.97. The van der Waals surface area contributed by atoms with Crippen LogP contribution in [0.5, 0.6) is 0 Å². The van der Waals surface area contributed by atoms with Gasteiger partial charge in [0.15, 0.2) is 5.76 Å². The molecule has 0 saturated carbocycles. The summed E-state index contributed by atoms with van der Waals surface area (Å²) in [6.07, 6.45) is 1.45. The maximum atomic E-state index is 10.8. The fourth-order valence-corrected chi connectivity index (χ4v) is 0.583. The average molecular weight is 140 g/mol. The number of nitrogens with one attached hydrogen (secondary N) is 2. The molecule has 0 spiro atoms. The number of amides is 1. The number of furan rings is 1. The third-order valence-corrected chi connectivity index (χ3v) is 0.983. The SMILES string of the molecule is CNNC(=O)c1ccco1. The van der Waals surface area contributed by atoms with Crippen molar-refractivity contribution in [2.45, 2.75) is 0 Å². The minimum absolute atomic E-state index is 0.271. The van der Waals surface area contributed by atoms with Crippen molar-refractivity contribution in [2.24, 2.45) is 0 Å².